The molecular formula is C20H20F3N5O2. The Bertz CT molecular complexity index is 1070. The third-order valence-corrected chi connectivity index (χ3v) is 5.41. The van der Waals surface area contributed by atoms with Gasteiger partial charge in [-0.15, -0.1) is 0 Å². The summed E-state index contributed by atoms with van der Waals surface area (Å²) in [5, 5.41) is 2.98. The lowest BCUT2D eigenvalue weighted by Gasteiger charge is -2.32. The summed E-state index contributed by atoms with van der Waals surface area (Å²) in [5.41, 5.74) is 0.636. The van der Waals surface area contributed by atoms with Crippen molar-refractivity contribution in [2.24, 2.45) is 7.05 Å². The maximum atomic E-state index is 12.9. The summed E-state index contributed by atoms with van der Waals surface area (Å²) in [6.45, 7) is 0.856. The van der Waals surface area contributed by atoms with Crippen LogP contribution < -0.4 is 15.8 Å². The number of hydrogen-bond donors (Lipinski definition) is 1. The summed E-state index contributed by atoms with van der Waals surface area (Å²) in [5.74, 6) is -0.224. The van der Waals surface area contributed by atoms with E-state index in [2.05, 4.69) is 15.3 Å². The van der Waals surface area contributed by atoms with E-state index in [0.29, 0.717) is 49.0 Å². The van der Waals surface area contributed by atoms with Gasteiger partial charge in [0, 0.05) is 44.1 Å². The van der Waals surface area contributed by atoms with Crippen LogP contribution in [0.15, 0.2) is 29.3 Å². The fourth-order valence-electron chi connectivity index (χ4n) is 3.82. The van der Waals surface area contributed by atoms with Crippen molar-refractivity contribution in [1.29, 1.82) is 0 Å². The standard InChI is InChI=1S/C20H20F3N5O2/c1-27-11-15(13-3-2-4-14(13)18(27)30)17(29)25-12-6-9-28(10-7-12)19-24-8-5-16(26-19)20(21,22)23/h2-3,5,8,11-12H,4,6-7,9-10H2,1H3,(H,25,29). The Morgan fingerprint density at radius 3 is 2.70 bits per heavy atom. The van der Waals surface area contributed by atoms with Crippen molar-refractivity contribution in [2.45, 2.75) is 31.5 Å². The van der Waals surface area contributed by atoms with E-state index in [1.165, 1.54) is 10.8 Å². The topological polar surface area (TPSA) is 80.1 Å². The van der Waals surface area contributed by atoms with E-state index in [1.807, 2.05) is 6.08 Å². The van der Waals surface area contributed by atoms with Crippen LogP contribution >= 0.6 is 0 Å². The van der Waals surface area contributed by atoms with Crippen molar-refractivity contribution in [3.63, 3.8) is 0 Å². The second-order valence-electron chi connectivity index (χ2n) is 7.43. The second-order valence-corrected chi connectivity index (χ2v) is 7.43. The van der Waals surface area contributed by atoms with Gasteiger partial charge in [0.1, 0.15) is 5.69 Å². The van der Waals surface area contributed by atoms with Crippen molar-refractivity contribution in [3.8, 4) is 0 Å². The summed E-state index contributed by atoms with van der Waals surface area (Å²) >= 11 is 0. The van der Waals surface area contributed by atoms with Crippen LogP contribution in [0.1, 0.15) is 40.0 Å². The minimum Gasteiger partial charge on any atom is -0.349 e. The monoisotopic (exact) mass is 419 g/mol. The Labute approximate surface area is 170 Å². The van der Waals surface area contributed by atoms with E-state index in [9.17, 15) is 22.8 Å². The molecular weight excluding hydrogens is 399 g/mol. The minimum absolute atomic E-state index is 0.0376. The largest absolute Gasteiger partial charge is 0.433 e. The van der Waals surface area contributed by atoms with Gasteiger partial charge in [0.05, 0.1) is 5.56 Å². The molecule has 30 heavy (non-hydrogen) atoms. The zero-order valence-electron chi connectivity index (χ0n) is 16.2. The highest BCUT2D eigenvalue weighted by molar-refractivity contribution is 5.98. The first-order valence-corrected chi connectivity index (χ1v) is 9.59. The van der Waals surface area contributed by atoms with Crippen LogP contribution in [0, 0.1) is 0 Å². The minimum atomic E-state index is -4.52. The number of aryl methyl sites for hydroxylation is 1. The first-order chi connectivity index (χ1) is 14.2. The number of hydrogen-bond acceptors (Lipinski definition) is 5. The predicted octanol–water partition coefficient (Wildman–Crippen LogP) is 2.16. The first kappa shape index (κ1) is 20.1. The van der Waals surface area contributed by atoms with Crippen LogP contribution in [0.5, 0.6) is 0 Å². The number of fused-ring (bicyclic) bond motifs is 1. The number of aromatic nitrogens is 3. The molecule has 3 heterocycles. The molecule has 1 aliphatic carbocycles. The molecule has 2 aromatic rings. The Morgan fingerprint density at radius 1 is 1.27 bits per heavy atom. The first-order valence-electron chi connectivity index (χ1n) is 9.59. The van der Waals surface area contributed by atoms with Gasteiger partial charge in [-0.05, 0) is 30.9 Å². The smallest absolute Gasteiger partial charge is 0.349 e. The quantitative estimate of drug-likeness (QED) is 0.825. The number of rotatable bonds is 3. The highest BCUT2D eigenvalue weighted by Gasteiger charge is 2.33. The number of nitrogens with one attached hydrogen (secondary N) is 1. The predicted molar refractivity (Wildman–Crippen MR) is 104 cm³/mol. The van der Waals surface area contributed by atoms with Gasteiger partial charge < -0.3 is 14.8 Å². The molecule has 158 valence electrons. The highest BCUT2D eigenvalue weighted by atomic mass is 19.4. The average Bonchev–Trinajstić information content (AvgIpc) is 3.21. The van der Waals surface area contributed by atoms with E-state index >= 15 is 0 Å². The normalized spacial score (nSPS) is 16.6. The molecule has 0 unspecified atom stereocenters. The molecule has 0 saturated carbocycles. The van der Waals surface area contributed by atoms with Gasteiger partial charge in [0.25, 0.3) is 11.5 Å². The molecule has 0 radical (unpaired) electrons. The SMILES string of the molecule is Cn1cc(C(=O)NC2CCN(c3nccc(C(F)(F)F)n3)CC2)c2c(c1=O)CC=C2. The van der Waals surface area contributed by atoms with Crippen LogP contribution in [-0.2, 0) is 19.6 Å². The molecule has 0 bridgehead atoms. The van der Waals surface area contributed by atoms with Gasteiger partial charge >= 0.3 is 6.18 Å². The summed E-state index contributed by atoms with van der Waals surface area (Å²) in [6.07, 6.45) is 3.39. The van der Waals surface area contributed by atoms with Gasteiger partial charge in [-0.2, -0.15) is 13.2 Å². The van der Waals surface area contributed by atoms with Crippen molar-refractivity contribution < 1.29 is 18.0 Å². The summed E-state index contributed by atoms with van der Waals surface area (Å²) in [7, 11) is 1.62. The maximum absolute atomic E-state index is 12.9. The van der Waals surface area contributed by atoms with Gasteiger partial charge in [0.2, 0.25) is 5.95 Å². The Hall–Kier alpha value is -3.17. The van der Waals surface area contributed by atoms with Crippen LogP contribution in [0.4, 0.5) is 19.1 Å². The van der Waals surface area contributed by atoms with E-state index in [4.69, 9.17) is 0 Å². The maximum Gasteiger partial charge on any atom is 0.433 e. The summed E-state index contributed by atoms with van der Waals surface area (Å²) in [6, 6.07) is 0.717. The van der Waals surface area contributed by atoms with E-state index in [1.54, 1.807) is 18.0 Å². The molecule has 1 fully saturated rings. The van der Waals surface area contributed by atoms with Crippen LogP contribution in [0.25, 0.3) is 6.08 Å². The number of piperidine rings is 1. The number of anilines is 1. The fraction of sp³-hybridized carbons (Fsp3) is 0.400. The number of carbonyl (C=O) groups excluding carboxylic acids is 1. The summed E-state index contributed by atoms with van der Waals surface area (Å²) < 4.78 is 40.0. The Kier molecular flexibility index (Phi) is 5.08. The number of halogens is 3. The fourth-order valence-corrected chi connectivity index (χ4v) is 3.82. The average molecular weight is 419 g/mol. The van der Waals surface area contributed by atoms with Gasteiger partial charge in [-0.3, -0.25) is 9.59 Å². The zero-order chi connectivity index (χ0) is 21.5. The lowest BCUT2D eigenvalue weighted by atomic mass is 10.0. The molecule has 10 heteroatoms. The molecule has 1 amide bonds. The van der Waals surface area contributed by atoms with E-state index < -0.39 is 11.9 Å². The molecule has 0 spiro atoms. The lowest BCUT2D eigenvalue weighted by Crippen LogP contribution is -2.45. The van der Waals surface area contributed by atoms with Crippen LogP contribution in [0.2, 0.25) is 0 Å². The van der Waals surface area contributed by atoms with Crippen molar-refractivity contribution in [1.82, 2.24) is 19.9 Å². The van der Waals surface area contributed by atoms with Crippen LogP contribution in [-0.4, -0.2) is 39.6 Å². The third-order valence-electron chi connectivity index (χ3n) is 5.41. The Balaban J connectivity index is 1.42. The highest BCUT2D eigenvalue weighted by Crippen LogP contribution is 2.28. The van der Waals surface area contributed by atoms with E-state index in [0.717, 1.165) is 12.3 Å². The van der Waals surface area contributed by atoms with Gasteiger partial charge in [0.15, 0.2) is 0 Å². The number of alkyl halides is 3. The molecule has 0 atom stereocenters. The molecule has 4 rings (SSSR count). The molecule has 2 aliphatic rings. The zero-order valence-corrected chi connectivity index (χ0v) is 16.2. The molecule has 1 N–H and O–H groups in total. The lowest BCUT2D eigenvalue weighted by molar-refractivity contribution is -0.141. The molecule has 1 saturated heterocycles. The molecule has 7 nitrogen and oxygen atoms in total. The van der Waals surface area contributed by atoms with Crippen molar-refractivity contribution in [3.05, 3.63) is 57.3 Å². The number of nitrogens with zero attached hydrogens (tertiary/aromatic N) is 4. The number of amides is 1. The van der Waals surface area contributed by atoms with E-state index in [-0.39, 0.29) is 23.5 Å². The molecule has 2 aromatic heterocycles. The molecule has 0 aromatic carbocycles. The number of pyridine rings is 1. The summed E-state index contributed by atoms with van der Waals surface area (Å²) in [4.78, 5) is 34.3. The van der Waals surface area contributed by atoms with Crippen molar-refractivity contribution in [2.75, 3.05) is 18.0 Å². The second kappa shape index (κ2) is 7.58. The Morgan fingerprint density at radius 2 is 2.00 bits per heavy atom. The van der Waals surface area contributed by atoms with Crippen molar-refractivity contribution >= 4 is 17.9 Å². The van der Waals surface area contributed by atoms with Gasteiger partial charge in [-0.1, -0.05) is 12.2 Å². The number of allylic oxidation sites excluding steroid dienone is 1. The third kappa shape index (κ3) is 3.81. The number of carbonyl (C=O) groups is 1. The molecule has 1 aliphatic heterocycles. The van der Waals surface area contributed by atoms with Crippen LogP contribution in [0.3, 0.4) is 0 Å². The van der Waals surface area contributed by atoms with Gasteiger partial charge in [-0.25, -0.2) is 9.97 Å².